The molecule has 5 aromatic rings. The summed E-state index contributed by atoms with van der Waals surface area (Å²) >= 11 is 0. The molecule has 0 aliphatic heterocycles. The summed E-state index contributed by atoms with van der Waals surface area (Å²) in [5.74, 6) is -0.425. The van der Waals surface area contributed by atoms with Gasteiger partial charge >= 0.3 is 0 Å². The van der Waals surface area contributed by atoms with Gasteiger partial charge in [0.1, 0.15) is 5.52 Å². The summed E-state index contributed by atoms with van der Waals surface area (Å²) in [6.07, 6.45) is 3.62. The van der Waals surface area contributed by atoms with Crippen molar-refractivity contribution in [1.82, 2.24) is 19.5 Å². The largest absolute Gasteiger partial charge is 0.366 e. The van der Waals surface area contributed by atoms with Gasteiger partial charge in [0.15, 0.2) is 5.65 Å². The van der Waals surface area contributed by atoms with Gasteiger partial charge in [-0.25, -0.2) is 9.97 Å². The Morgan fingerprint density at radius 3 is 2.70 bits per heavy atom. The van der Waals surface area contributed by atoms with E-state index in [-0.39, 0.29) is 0 Å². The molecule has 0 fully saturated rings. The molecule has 0 saturated carbocycles. The van der Waals surface area contributed by atoms with Gasteiger partial charge in [0.05, 0.1) is 24.1 Å². The van der Waals surface area contributed by atoms with Crippen LogP contribution in [0, 0.1) is 6.92 Å². The van der Waals surface area contributed by atoms with Crippen LogP contribution in [0.15, 0.2) is 73.2 Å². The van der Waals surface area contributed by atoms with E-state index >= 15 is 0 Å². The number of aromatic nitrogens is 4. The molecule has 6 nitrogen and oxygen atoms in total. The van der Waals surface area contributed by atoms with Crippen LogP contribution in [0.2, 0.25) is 0 Å². The lowest BCUT2D eigenvalue weighted by Crippen LogP contribution is -2.12. The number of imidazole rings is 1. The van der Waals surface area contributed by atoms with E-state index in [1.54, 1.807) is 12.3 Å². The summed E-state index contributed by atoms with van der Waals surface area (Å²) < 4.78 is 2.04. The first-order chi connectivity index (χ1) is 14.6. The van der Waals surface area contributed by atoms with Crippen LogP contribution >= 0.6 is 0 Å². The highest BCUT2D eigenvalue weighted by molar-refractivity contribution is 5.95. The molecule has 5 rings (SSSR count). The molecule has 2 aromatic carbocycles. The standard InChI is InChI=1S/C24H19N5O/c1-15-11-18(5-6-19(15)23(25)30)21-8-9-22-24(28-21)29(14-27-22)13-16-4-7-20-17(12-16)3-2-10-26-20/h2-12,14H,13H2,1H3,(H2,25,30). The number of amides is 1. The number of fused-ring (bicyclic) bond motifs is 2. The minimum Gasteiger partial charge on any atom is -0.366 e. The van der Waals surface area contributed by atoms with Crippen LogP contribution in [0.5, 0.6) is 0 Å². The highest BCUT2D eigenvalue weighted by Crippen LogP contribution is 2.24. The Balaban J connectivity index is 1.52. The fourth-order valence-electron chi connectivity index (χ4n) is 3.74. The quantitative estimate of drug-likeness (QED) is 0.498. The lowest BCUT2D eigenvalue weighted by molar-refractivity contribution is 0.0999. The van der Waals surface area contributed by atoms with Gasteiger partial charge in [0, 0.05) is 22.7 Å². The van der Waals surface area contributed by atoms with Crippen molar-refractivity contribution in [3.05, 3.63) is 89.9 Å². The molecule has 3 heterocycles. The first-order valence-electron chi connectivity index (χ1n) is 9.65. The Labute approximate surface area is 173 Å². The predicted molar refractivity (Wildman–Crippen MR) is 117 cm³/mol. The molecule has 0 unspecified atom stereocenters. The molecule has 3 aromatic heterocycles. The second-order valence-electron chi connectivity index (χ2n) is 7.34. The van der Waals surface area contributed by atoms with Gasteiger partial charge in [-0.15, -0.1) is 0 Å². The Bertz CT molecular complexity index is 1420. The van der Waals surface area contributed by atoms with Crippen molar-refractivity contribution >= 4 is 28.0 Å². The molecule has 0 radical (unpaired) electrons. The molecule has 146 valence electrons. The first kappa shape index (κ1) is 18.0. The third-order valence-electron chi connectivity index (χ3n) is 5.27. The Hall–Kier alpha value is -4.06. The molecule has 2 N–H and O–H groups in total. The molecular formula is C24H19N5O. The fourth-order valence-corrected chi connectivity index (χ4v) is 3.74. The van der Waals surface area contributed by atoms with Crippen molar-refractivity contribution in [3.8, 4) is 11.3 Å². The van der Waals surface area contributed by atoms with Crippen molar-refractivity contribution in [3.63, 3.8) is 0 Å². The van der Waals surface area contributed by atoms with E-state index in [0.29, 0.717) is 12.1 Å². The maximum atomic E-state index is 11.5. The second kappa shape index (κ2) is 7.08. The third kappa shape index (κ3) is 3.18. The fraction of sp³-hybridized carbons (Fsp3) is 0.0833. The zero-order chi connectivity index (χ0) is 20.7. The molecule has 30 heavy (non-hydrogen) atoms. The predicted octanol–water partition coefficient (Wildman–Crippen LogP) is 4.10. The Morgan fingerprint density at radius 1 is 1.00 bits per heavy atom. The van der Waals surface area contributed by atoms with E-state index in [0.717, 1.165) is 44.5 Å². The molecule has 6 heteroatoms. The van der Waals surface area contributed by atoms with E-state index < -0.39 is 5.91 Å². The van der Waals surface area contributed by atoms with Crippen LogP contribution in [0.3, 0.4) is 0 Å². The van der Waals surface area contributed by atoms with Crippen LogP contribution in [0.4, 0.5) is 0 Å². The third-order valence-corrected chi connectivity index (χ3v) is 5.27. The molecule has 0 aliphatic carbocycles. The summed E-state index contributed by atoms with van der Waals surface area (Å²) in [6, 6.07) is 19.7. The monoisotopic (exact) mass is 393 g/mol. The molecule has 1 amide bonds. The zero-order valence-corrected chi connectivity index (χ0v) is 16.4. The number of benzene rings is 2. The maximum Gasteiger partial charge on any atom is 0.248 e. The summed E-state index contributed by atoms with van der Waals surface area (Å²) in [6.45, 7) is 2.54. The SMILES string of the molecule is Cc1cc(-c2ccc3ncn(Cc4ccc5ncccc5c4)c3n2)ccc1C(N)=O. The number of nitrogens with zero attached hydrogens (tertiary/aromatic N) is 4. The van der Waals surface area contributed by atoms with Gasteiger partial charge in [0.25, 0.3) is 0 Å². The summed E-state index contributed by atoms with van der Waals surface area (Å²) in [4.78, 5) is 25.2. The minimum absolute atomic E-state index is 0.425. The van der Waals surface area contributed by atoms with E-state index in [4.69, 9.17) is 10.7 Å². The highest BCUT2D eigenvalue weighted by Gasteiger charge is 2.11. The number of carbonyl (C=O) groups excluding carboxylic acids is 1. The number of hydrogen-bond acceptors (Lipinski definition) is 4. The number of hydrogen-bond donors (Lipinski definition) is 1. The van der Waals surface area contributed by atoms with Gasteiger partial charge < -0.3 is 10.3 Å². The van der Waals surface area contributed by atoms with Gasteiger partial charge in [0.2, 0.25) is 5.91 Å². The molecule has 0 saturated heterocycles. The van der Waals surface area contributed by atoms with Gasteiger partial charge in [-0.3, -0.25) is 9.78 Å². The van der Waals surface area contributed by atoms with Crippen LogP contribution < -0.4 is 5.73 Å². The maximum absolute atomic E-state index is 11.5. The van der Waals surface area contributed by atoms with Gasteiger partial charge in [-0.2, -0.15) is 0 Å². The average Bonchev–Trinajstić information content (AvgIpc) is 3.15. The number of pyridine rings is 2. The van der Waals surface area contributed by atoms with Crippen LogP contribution in [-0.2, 0) is 6.54 Å². The number of nitrogens with two attached hydrogens (primary N) is 1. The number of primary amides is 1. The molecule has 0 spiro atoms. The topological polar surface area (TPSA) is 86.7 Å². The Morgan fingerprint density at radius 2 is 1.87 bits per heavy atom. The second-order valence-corrected chi connectivity index (χ2v) is 7.34. The lowest BCUT2D eigenvalue weighted by Gasteiger charge is -2.08. The molecular weight excluding hydrogens is 374 g/mol. The summed E-state index contributed by atoms with van der Waals surface area (Å²) in [5, 5.41) is 1.11. The van der Waals surface area contributed by atoms with Crippen LogP contribution in [0.25, 0.3) is 33.3 Å². The van der Waals surface area contributed by atoms with Gasteiger partial charge in [-0.1, -0.05) is 18.2 Å². The van der Waals surface area contributed by atoms with Crippen molar-refractivity contribution < 1.29 is 4.79 Å². The van der Waals surface area contributed by atoms with Crippen molar-refractivity contribution in [2.75, 3.05) is 0 Å². The van der Waals surface area contributed by atoms with Crippen LogP contribution in [-0.4, -0.2) is 25.4 Å². The summed E-state index contributed by atoms with van der Waals surface area (Å²) in [7, 11) is 0. The Kier molecular flexibility index (Phi) is 4.25. The van der Waals surface area contributed by atoms with E-state index in [9.17, 15) is 4.79 Å². The summed E-state index contributed by atoms with van der Waals surface area (Å²) in [5.41, 5.74) is 12.3. The normalized spacial score (nSPS) is 11.2. The molecule has 0 atom stereocenters. The number of carbonyl (C=O) groups is 1. The smallest absolute Gasteiger partial charge is 0.248 e. The number of aryl methyl sites for hydroxylation is 1. The van der Waals surface area contributed by atoms with E-state index in [2.05, 4.69) is 28.2 Å². The number of rotatable bonds is 4. The molecule has 0 aliphatic rings. The van der Waals surface area contributed by atoms with Crippen LogP contribution in [0.1, 0.15) is 21.5 Å². The minimum atomic E-state index is -0.425. The zero-order valence-electron chi connectivity index (χ0n) is 16.4. The van der Waals surface area contributed by atoms with E-state index in [1.807, 2.05) is 54.2 Å². The highest BCUT2D eigenvalue weighted by atomic mass is 16.1. The first-order valence-corrected chi connectivity index (χ1v) is 9.65. The van der Waals surface area contributed by atoms with Gasteiger partial charge in [-0.05, 0) is 60.5 Å². The van der Waals surface area contributed by atoms with E-state index in [1.165, 1.54) is 0 Å². The average molecular weight is 393 g/mol. The van der Waals surface area contributed by atoms with Crippen molar-refractivity contribution in [1.29, 1.82) is 0 Å². The van der Waals surface area contributed by atoms with Crippen molar-refractivity contribution in [2.24, 2.45) is 5.73 Å². The lowest BCUT2D eigenvalue weighted by atomic mass is 10.0. The molecule has 0 bridgehead atoms. The van der Waals surface area contributed by atoms with Crippen molar-refractivity contribution in [2.45, 2.75) is 13.5 Å².